The van der Waals surface area contributed by atoms with Gasteiger partial charge in [-0.1, -0.05) is 27.7 Å². The monoisotopic (exact) mass is 384 g/mol. The molecule has 1 rings (SSSR count). The van der Waals surface area contributed by atoms with E-state index in [4.69, 9.17) is 5.32 Å². The van der Waals surface area contributed by atoms with Gasteiger partial charge < -0.3 is 23.4 Å². The minimum Gasteiger partial charge on any atom is -0.652 e. The molecular weight excluding hydrogens is 341 g/mol. The van der Waals surface area contributed by atoms with Crippen molar-refractivity contribution in [3.63, 3.8) is 0 Å². The van der Waals surface area contributed by atoms with Gasteiger partial charge in [0, 0.05) is 23.2 Å². The second kappa shape index (κ2) is 8.85. The third kappa shape index (κ3) is 9.76. The van der Waals surface area contributed by atoms with Crippen molar-refractivity contribution < 1.29 is 16.8 Å². The summed E-state index contributed by atoms with van der Waals surface area (Å²) in [5.41, 5.74) is 0.134. The largest absolute Gasteiger partial charge is 2.00 e. The molecular formula is C20H43CoN3. The van der Waals surface area contributed by atoms with E-state index in [0.29, 0.717) is 12.1 Å². The van der Waals surface area contributed by atoms with Crippen molar-refractivity contribution in [3.8, 4) is 0 Å². The quantitative estimate of drug-likeness (QED) is 0.573. The van der Waals surface area contributed by atoms with Gasteiger partial charge in [-0.2, -0.15) is 0 Å². The van der Waals surface area contributed by atoms with Crippen molar-refractivity contribution in [3.05, 3.63) is 12.7 Å². The molecule has 0 saturated carbocycles. The molecule has 3 nitrogen and oxygen atoms in total. The van der Waals surface area contributed by atoms with E-state index in [0.717, 1.165) is 19.3 Å². The molecule has 1 aliphatic rings. The van der Waals surface area contributed by atoms with Crippen LogP contribution in [0.1, 0.15) is 88.5 Å². The average Bonchev–Trinajstić information content (AvgIpc) is 2.03. The first kappa shape index (κ1) is 26.6. The fourth-order valence-electron chi connectivity index (χ4n) is 5.15. The minimum atomic E-state index is -0.0272. The maximum Gasteiger partial charge on any atom is 2.00 e. The van der Waals surface area contributed by atoms with Crippen molar-refractivity contribution in [1.29, 1.82) is 0 Å². The van der Waals surface area contributed by atoms with Crippen LogP contribution in [-0.2, 0) is 16.8 Å². The van der Waals surface area contributed by atoms with E-state index in [9.17, 15) is 0 Å². The first-order chi connectivity index (χ1) is 9.62. The second-order valence-corrected chi connectivity index (χ2v) is 10.2. The summed E-state index contributed by atoms with van der Waals surface area (Å²) in [6, 6.07) is 0.994. The van der Waals surface area contributed by atoms with Gasteiger partial charge in [0.05, 0.1) is 0 Å². The fraction of sp³-hybridized carbons (Fsp3) is 0.950. The molecule has 2 unspecified atom stereocenters. The summed E-state index contributed by atoms with van der Waals surface area (Å²) in [6.07, 6.45) is 3.25. The second-order valence-electron chi connectivity index (χ2n) is 10.2. The van der Waals surface area contributed by atoms with Crippen LogP contribution < -0.4 is 10.6 Å². The van der Waals surface area contributed by atoms with Crippen LogP contribution in [0.2, 0.25) is 0 Å². The van der Waals surface area contributed by atoms with Gasteiger partial charge in [-0.25, -0.2) is 0 Å². The van der Waals surface area contributed by atoms with Crippen molar-refractivity contribution in [1.82, 2.24) is 10.6 Å². The molecule has 0 spiro atoms. The van der Waals surface area contributed by atoms with Crippen LogP contribution >= 0.6 is 0 Å². The number of nitrogens with one attached hydrogen (secondary N) is 2. The Labute approximate surface area is 163 Å². The number of rotatable bonds is 0. The van der Waals surface area contributed by atoms with Gasteiger partial charge in [-0.3, -0.25) is 0 Å². The maximum atomic E-state index is 5.24. The van der Waals surface area contributed by atoms with Gasteiger partial charge in [0.2, 0.25) is 0 Å². The first-order valence-electron chi connectivity index (χ1n) is 8.91. The van der Waals surface area contributed by atoms with E-state index >= 15 is 0 Å². The van der Waals surface area contributed by atoms with Gasteiger partial charge in [0.1, 0.15) is 0 Å². The van der Waals surface area contributed by atoms with Crippen molar-refractivity contribution in [2.45, 2.75) is 123 Å². The molecule has 2 atom stereocenters. The summed E-state index contributed by atoms with van der Waals surface area (Å²) in [7, 11) is 0. The molecule has 0 bridgehead atoms. The SMILES string of the molecule is CC1CC(C)NC(C)(C)CC(C)(C)[N-]C(C)(C)CC(C)(C)N1.[CH3-].[Co+2]. The van der Waals surface area contributed by atoms with Crippen molar-refractivity contribution >= 4 is 0 Å². The minimum absolute atomic E-state index is 0. The van der Waals surface area contributed by atoms with Crippen LogP contribution in [0.3, 0.4) is 0 Å². The molecule has 0 aliphatic carbocycles. The molecule has 0 aromatic rings. The van der Waals surface area contributed by atoms with Gasteiger partial charge in [-0.05, 0) is 60.8 Å². The van der Waals surface area contributed by atoms with Gasteiger partial charge in [0.25, 0.3) is 0 Å². The van der Waals surface area contributed by atoms with E-state index < -0.39 is 0 Å². The zero-order valence-corrected chi connectivity index (χ0v) is 19.1. The Balaban J connectivity index is 0. The Bertz CT molecular complexity index is 341. The standard InChI is InChI=1S/C19H40N3.CH3.Co/c1-14-11-15(2)21-17(5,6)13-19(9,10)22-18(7,8)12-16(3,4)20-14;;/h14-15,20-21H,11-13H2,1-10H3;1H3;/q2*-1;+2. The smallest absolute Gasteiger partial charge is 0.652 e. The van der Waals surface area contributed by atoms with E-state index in [-0.39, 0.29) is 46.4 Å². The average molecular weight is 385 g/mol. The van der Waals surface area contributed by atoms with Gasteiger partial charge in [0.15, 0.2) is 0 Å². The van der Waals surface area contributed by atoms with Crippen LogP contribution in [0.5, 0.6) is 0 Å². The third-order valence-electron chi connectivity index (χ3n) is 4.34. The zero-order valence-electron chi connectivity index (χ0n) is 18.1. The fourth-order valence-corrected chi connectivity index (χ4v) is 5.15. The number of hydrogen-bond acceptors (Lipinski definition) is 2. The molecule has 1 fully saturated rings. The first-order valence-corrected chi connectivity index (χ1v) is 8.91. The van der Waals surface area contributed by atoms with Crippen molar-refractivity contribution in [2.24, 2.45) is 0 Å². The molecule has 4 heteroatoms. The van der Waals surface area contributed by atoms with Gasteiger partial charge in [-0.15, -0.1) is 11.1 Å². The van der Waals surface area contributed by atoms with Crippen LogP contribution in [-0.4, -0.2) is 34.2 Å². The normalized spacial score (nSPS) is 32.2. The summed E-state index contributed by atoms with van der Waals surface area (Å²) < 4.78 is 0. The molecule has 0 aromatic heterocycles. The summed E-state index contributed by atoms with van der Waals surface area (Å²) in [6.45, 7) is 22.9. The van der Waals surface area contributed by atoms with Crippen LogP contribution in [0.15, 0.2) is 0 Å². The summed E-state index contributed by atoms with van der Waals surface area (Å²) in [5.74, 6) is 0. The topological polar surface area (TPSA) is 38.2 Å². The summed E-state index contributed by atoms with van der Waals surface area (Å²) in [5, 5.41) is 12.9. The van der Waals surface area contributed by atoms with E-state index in [1.807, 2.05) is 0 Å². The maximum absolute atomic E-state index is 5.24. The predicted octanol–water partition coefficient (Wildman–Crippen LogP) is 5.06. The van der Waals surface area contributed by atoms with Crippen LogP contribution in [0.25, 0.3) is 5.32 Å². The Morgan fingerprint density at radius 3 is 1.29 bits per heavy atom. The Hall–Kier alpha value is 0.386. The summed E-state index contributed by atoms with van der Waals surface area (Å²) in [4.78, 5) is 0. The number of nitrogens with zero attached hydrogens (tertiary/aromatic N) is 1. The molecule has 1 saturated heterocycles. The molecule has 1 radical (unpaired) electrons. The Kier molecular flexibility index (Phi) is 9.82. The van der Waals surface area contributed by atoms with Gasteiger partial charge >= 0.3 is 16.8 Å². The Morgan fingerprint density at radius 2 is 1.00 bits per heavy atom. The predicted molar refractivity (Wildman–Crippen MR) is 105 cm³/mol. The summed E-state index contributed by atoms with van der Waals surface area (Å²) >= 11 is 0. The van der Waals surface area contributed by atoms with E-state index in [2.05, 4.69) is 79.9 Å². The Morgan fingerprint density at radius 1 is 0.708 bits per heavy atom. The molecule has 0 aromatic carbocycles. The van der Waals surface area contributed by atoms with E-state index in [1.54, 1.807) is 0 Å². The molecule has 1 aliphatic heterocycles. The number of hydrogen-bond donors (Lipinski definition) is 2. The molecule has 2 N–H and O–H groups in total. The molecule has 1 heterocycles. The zero-order chi connectivity index (χ0) is 17.4. The third-order valence-corrected chi connectivity index (χ3v) is 4.34. The molecule has 147 valence electrons. The van der Waals surface area contributed by atoms with Crippen LogP contribution in [0.4, 0.5) is 0 Å². The van der Waals surface area contributed by atoms with E-state index in [1.165, 1.54) is 0 Å². The van der Waals surface area contributed by atoms with Crippen LogP contribution in [0, 0.1) is 7.43 Å². The molecule has 24 heavy (non-hydrogen) atoms. The molecule has 0 amide bonds. The van der Waals surface area contributed by atoms with Crippen molar-refractivity contribution in [2.75, 3.05) is 0 Å².